The number of hydrogen-bond acceptors (Lipinski definition) is 7. The second kappa shape index (κ2) is 9.78. The molecule has 0 spiro atoms. The molecule has 30 heavy (non-hydrogen) atoms. The van der Waals surface area contributed by atoms with Gasteiger partial charge in [0, 0.05) is 25.2 Å². The van der Waals surface area contributed by atoms with Crippen molar-refractivity contribution in [1.29, 1.82) is 0 Å². The van der Waals surface area contributed by atoms with Gasteiger partial charge in [-0.2, -0.15) is 4.37 Å². The number of carbonyl (C=O) groups is 2. The number of morpholine rings is 1. The molecule has 12 heteroatoms. The second-order valence-corrected chi connectivity index (χ2v) is 7.34. The molecular formula is C18H21F2N5O4S. The van der Waals surface area contributed by atoms with Crippen molar-refractivity contribution < 1.29 is 27.8 Å². The van der Waals surface area contributed by atoms with E-state index < -0.39 is 23.6 Å². The van der Waals surface area contributed by atoms with E-state index in [1.165, 1.54) is 6.92 Å². The van der Waals surface area contributed by atoms with Gasteiger partial charge in [-0.1, -0.05) is 0 Å². The number of nitrogens with two attached hydrogens (primary N) is 1. The number of urea groups is 1. The Morgan fingerprint density at radius 2 is 2.20 bits per heavy atom. The van der Waals surface area contributed by atoms with Crippen molar-refractivity contribution in [2.45, 2.75) is 19.6 Å². The Morgan fingerprint density at radius 1 is 1.40 bits per heavy atom. The fourth-order valence-corrected chi connectivity index (χ4v) is 3.46. The van der Waals surface area contributed by atoms with Crippen LogP contribution >= 0.6 is 11.5 Å². The third-order valence-electron chi connectivity index (χ3n) is 4.32. The van der Waals surface area contributed by atoms with Crippen LogP contribution in [0.15, 0.2) is 12.1 Å². The maximum Gasteiger partial charge on any atom is 0.320 e. The molecule has 3 rings (SSSR count). The first-order valence-electron chi connectivity index (χ1n) is 9.09. The third kappa shape index (κ3) is 5.40. The molecule has 0 saturated carbocycles. The number of anilines is 1. The number of primary amides is 1. The lowest BCUT2D eigenvalue weighted by atomic mass is 10.1. The molecule has 0 bridgehead atoms. The van der Waals surface area contributed by atoms with E-state index in [2.05, 4.69) is 20.3 Å². The van der Waals surface area contributed by atoms with Gasteiger partial charge in [0.15, 0.2) is 0 Å². The van der Waals surface area contributed by atoms with E-state index in [9.17, 15) is 18.4 Å². The Balaban J connectivity index is 1.63. The highest BCUT2D eigenvalue weighted by atomic mass is 32.1. The monoisotopic (exact) mass is 441 g/mol. The third-order valence-corrected chi connectivity index (χ3v) is 5.07. The summed E-state index contributed by atoms with van der Waals surface area (Å²) in [5.74, 6) is -2.30. The highest BCUT2D eigenvalue weighted by Gasteiger charge is 2.23. The minimum atomic E-state index is -0.885. The second-order valence-electron chi connectivity index (χ2n) is 6.57. The van der Waals surface area contributed by atoms with Crippen molar-refractivity contribution in [3.63, 3.8) is 0 Å². The maximum atomic E-state index is 14.0. The lowest BCUT2D eigenvalue weighted by Crippen LogP contribution is -2.46. The van der Waals surface area contributed by atoms with Gasteiger partial charge in [0.1, 0.15) is 28.8 Å². The normalized spacial score (nSPS) is 16.2. The van der Waals surface area contributed by atoms with Crippen molar-refractivity contribution in [3.05, 3.63) is 40.5 Å². The van der Waals surface area contributed by atoms with E-state index in [1.54, 1.807) is 0 Å². The first-order chi connectivity index (χ1) is 14.3. The molecule has 0 radical (unpaired) electrons. The average Bonchev–Trinajstić information content (AvgIpc) is 3.11. The van der Waals surface area contributed by atoms with Crippen molar-refractivity contribution in [2.75, 3.05) is 31.6 Å². The summed E-state index contributed by atoms with van der Waals surface area (Å²) in [4.78, 5) is 24.0. The summed E-state index contributed by atoms with van der Waals surface area (Å²) in [5, 5.41) is 8.34. The van der Waals surface area contributed by atoms with Crippen molar-refractivity contribution >= 4 is 28.5 Å². The fourth-order valence-electron chi connectivity index (χ4n) is 2.73. The van der Waals surface area contributed by atoms with Gasteiger partial charge in [-0.3, -0.25) is 10.1 Å². The van der Waals surface area contributed by atoms with Crippen LogP contribution in [0.2, 0.25) is 0 Å². The number of nitrogens with one attached hydrogen (secondary N) is 3. The molecule has 1 aliphatic heterocycles. The number of amides is 3. The zero-order chi connectivity index (χ0) is 21.7. The number of nitrogens with zero attached hydrogens (tertiary/aromatic N) is 1. The van der Waals surface area contributed by atoms with Crippen LogP contribution in [0.4, 0.5) is 18.6 Å². The van der Waals surface area contributed by atoms with Crippen LogP contribution in [0.25, 0.3) is 0 Å². The zero-order valence-electron chi connectivity index (χ0n) is 16.1. The van der Waals surface area contributed by atoms with Gasteiger partial charge in [0.05, 0.1) is 12.7 Å². The first-order valence-corrected chi connectivity index (χ1v) is 9.86. The molecule has 9 nitrogen and oxygen atoms in total. The van der Waals surface area contributed by atoms with Crippen molar-refractivity contribution in [3.8, 4) is 5.88 Å². The average molecular weight is 441 g/mol. The molecule has 1 fully saturated rings. The lowest BCUT2D eigenvalue weighted by molar-refractivity contribution is 0.0310. The molecule has 2 aromatic rings. The predicted octanol–water partition coefficient (Wildman–Crippen LogP) is 1.52. The fraction of sp³-hybridized carbons (Fsp3) is 0.389. The highest BCUT2D eigenvalue weighted by Crippen LogP contribution is 2.31. The molecule has 2 heterocycles. The standard InChI is InChI=1S/C18H21F2N5O4S/c1-9-4-13(20)10(5-12(9)19)8-29-16-14(15(21)26)17(30-25-16)24-18(27)23-7-11-6-22-2-3-28-11/h4-5,11,22H,2-3,6-8H2,1H3,(H2,21,26)(H2,23,24,27). The number of rotatable bonds is 7. The van der Waals surface area contributed by atoms with Crippen molar-refractivity contribution in [2.24, 2.45) is 5.73 Å². The smallest absolute Gasteiger partial charge is 0.320 e. The Bertz CT molecular complexity index is 934. The quantitative estimate of drug-likeness (QED) is 0.516. The summed E-state index contributed by atoms with van der Waals surface area (Å²) in [6.07, 6.45) is -0.162. The SMILES string of the molecule is Cc1cc(F)c(COc2nsc(NC(=O)NCC3CNCCO3)c2C(N)=O)cc1F. The summed E-state index contributed by atoms with van der Waals surface area (Å²) < 4.78 is 42.4. The minimum Gasteiger partial charge on any atom is -0.471 e. The highest BCUT2D eigenvalue weighted by molar-refractivity contribution is 7.11. The van der Waals surface area contributed by atoms with E-state index in [1.807, 2.05) is 0 Å². The maximum absolute atomic E-state index is 14.0. The van der Waals surface area contributed by atoms with Crippen LogP contribution < -0.4 is 26.4 Å². The van der Waals surface area contributed by atoms with Gasteiger partial charge < -0.3 is 25.8 Å². The van der Waals surface area contributed by atoms with Crippen LogP contribution in [0, 0.1) is 18.6 Å². The van der Waals surface area contributed by atoms with Gasteiger partial charge in [0.25, 0.3) is 5.91 Å². The van der Waals surface area contributed by atoms with Crippen LogP contribution in [0.1, 0.15) is 21.5 Å². The van der Waals surface area contributed by atoms with Crippen LogP contribution in [-0.2, 0) is 11.3 Å². The van der Waals surface area contributed by atoms with Crippen LogP contribution in [0.3, 0.4) is 0 Å². The molecule has 5 N–H and O–H groups in total. The van der Waals surface area contributed by atoms with E-state index in [4.69, 9.17) is 15.2 Å². The number of benzene rings is 1. The number of ether oxygens (including phenoxy) is 2. The number of aryl methyl sites for hydroxylation is 1. The zero-order valence-corrected chi connectivity index (χ0v) is 16.9. The van der Waals surface area contributed by atoms with Crippen LogP contribution in [-0.4, -0.2) is 48.7 Å². The number of hydrogen-bond donors (Lipinski definition) is 4. The Labute approximate surface area is 175 Å². The predicted molar refractivity (Wildman–Crippen MR) is 106 cm³/mol. The van der Waals surface area contributed by atoms with E-state index in [0.29, 0.717) is 13.2 Å². The number of halogens is 2. The molecule has 1 unspecified atom stereocenters. The lowest BCUT2D eigenvalue weighted by Gasteiger charge is -2.23. The molecule has 1 aliphatic rings. The van der Waals surface area contributed by atoms with E-state index in [0.717, 1.165) is 30.2 Å². The topological polar surface area (TPSA) is 128 Å². The Morgan fingerprint density at radius 3 is 2.90 bits per heavy atom. The van der Waals surface area contributed by atoms with Gasteiger partial charge in [0.2, 0.25) is 5.88 Å². The van der Waals surface area contributed by atoms with Gasteiger partial charge >= 0.3 is 6.03 Å². The molecule has 1 aromatic heterocycles. The summed E-state index contributed by atoms with van der Waals surface area (Å²) in [6, 6.07) is 1.48. The minimum absolute atomic E-state index is 0.0464. The van der Waals surface area contributed by atoms with Crippen LogP contribution in [0.5, 0.6) is 5.88 Å². The largest absolute Gasteiger partial charge is 0.471 e. The van der Waals surface area contributed by atoms with E-state index in [-0.39, 0.29) is 46.8 Å². The van der Waals surface area contributed by atoms with Crippen molar-refractivity contribution in [1.82, 2.24) is 15.0 Å². The Kier molecular flexibility index (Phi) is 7.13. The first kappa shape index (κ1) is 21.9. The number of aromatic nitrogens is 1. The van der Waals surface area contributed by atoms with Gasteiger partial charge in [-0.05, 0) is 36.2 Å². The molecule has 3 amide bonds. The van der Waals surface area contributed by atoms with Gasteiger partial charge in [-0.25, -0.2) is 13.6 Å². The number of carbonyl (C=O) groups excluding carboxylic acids is 2. The molecule has 1 aromatic carbocycles. The molecule has 1 saturated heterocycles. The molecule has 162 valence electrons. The molecular weight excluding hydrogens is 420 g/mol. The van der Waals surface area contributed by atoms with Gasteiger partial charge in [-0.15, -0.1) is 0 Å². The van der Waals surface area contributed by atoms with E-state index >= 15 is 0 Å². The summed E-state index contributed by atoms with van der Waals surface area (Å²) in [5.41, 5.74) is 5.34. The summed E-state index contributed by atoms with van der Waals surface area (Å²) >= 11 is 0.780. The molecule has 1 atom stereocenters. The summed E-state index contributed by atoms with van der Waals surface area (Å²) in [7, 11) is 0. The summed E-state index contributed by atoms with van der Waals surface area (Å²) in [6.45, 7) is 3.26. The molecule has 0 aliphatic carbocycles. The Hall–Kier alpha value is -2.83.